The molecule has 6 nitrogen and oxygen atoms in total. The molecule has 0 fully saturated rings. The van der Waals surface area contributed by atoms with E-state index in [0.29, 0.717) is 19.5 Å². The average Bonchev–Trinajstić information content (AvgIpc) is 3.03. The van der Waals surface area contributed by atoms with E-state index in [1.807, 2.05) is 29.7 Å². The molecule has 4 rings (SSSR count). The predicted molar refractivity (Wildman–Crippen MR) is 92.4 cm³/mol. The summed E-state index contributed by atoms with van der Waals surface area (Å²) in [7, 11) is 0. The molecule has 0 radical (unpaired) electrons. The van der Waals surface area contributed by atoms with Crippen LogP contribution in [-0.2, 0) is 24.3 Å². The number of hydrogen-bond acceptors (Lipinski definition) is 4. The quantitative estimate of drug-likeness (QED) is 0.724. The maximum absolute atomic E-state index is 13.4. The molecule has 26 heavy (non-hydrogen) atoms. The van der Waals surface area contributed by atoms with Crippen LogP contribution in [0.5, 0.6) is 0 Å². The third-order valence-corrected chi connectivity index (χ3v) is 4.57. The first-order valence-corrected chi connectivity index (χ1v) is 8.46. The summed E-state index contributed by atoms with van der Waals surface area (Å²) in [5, 5.41) is 8.55. The minimum atomic E-state index is -0.394. The van der Waals surface area contributed by atoms with Crippen LogP contribution in [0.25, 0.3) is 0 Å². The molecule has 0 aliphatic carbocycles. The molecule has 0 saturated carbocycles. The standard InChI is InChI=1S/C19H18FN5O/c1-13-19(26)24(11-15-4-2-6-16(20)8-15)12-18-23-22-17(25(13)18)9-14-5-3-7-21-10-14/h2-8,10,13H,9,11-12H2,1H3/t13-/m0/s1. The van der Waals surface area contributed by atoms with Crippen molar-refractivity contribution in [2.75, 3.05) is 0 Å². The number of hydrogen-bond donors (Lipinski definition) is 0. The Labute approximate surface area is 150 Å². The Morgan fingerprint density at radius 2 is 2.04 bits per heavy atom. The normalized spacial score (nSPS) is 16.6. The Bertz CT molecular complexity index is 940. The van der Waals surface area contributed by atoms with Gasteiger partial charge in [0.2, 0.25) is 5.91 Å². The molecular weight excluding hydrogens is 333 g/mol. The van der Waals surface area contributed by atoms with Crippen LogP contribution in [0.2, 0.25) is 0 Å². The summed E-state index contributed by atoms with van der Waals surface area (Å²) in [4.78, 5) is 18.6. The van der Waals surface area contributed by atoms with Crippen molar-refractivity contribution < 1.29 is 9.18 Å². The number of halogens is 1. The fourth-order valence-electron chi connectivity index (χ4n) is 3.33. The van der Waals surface area contributed by atoms with Gasteiger partial charge in [-0.25, -0.2) is 4.39 Å². The zero-order valence-electron chi connectivity index (χ0n) is 14.3. The van der Waals surface area contributed by atoms with Crippen LogP contribution < -0.4 is 0 Å². The van der Waals surface area contributed by atoms with Gasteiger partial charge in [0.25, 0.3) is 0 Å². The zero-order chi connectivity index (χ0) is 18.1. The van der Waals surface area contributed by atoms with E-state index < -0.39 is 6.04 Å². The highest BCUT2D eigenvalue weighted by Crippen LogP contribution is 2.25. The average molecular weight is 351 g/mol. The lowest BCUT2D eigenvalue weighted by Gasteiger charge is -2.32. The summed E-state index contributed by atoms with van der Waals surface area (Å²) in [5.41, 5.74) is 1.78. The molecule has 2 aromatic heterocycles. The smallest absolute Gasteiger partial charge is 0.246 e. The van der Waals surface area contributed by atoms with Gasteiger partial charge in [0.1, 0.15) is 17.7 Å². The number of benzene rings is 1. The van der Waals surface area contributed by atoms with E-state index in [0.717, 1.165) is 22.8 Å². The summed E-state index contributed by atoms with van der Waals surface area (Å²) in [6.45, 7) is 2.56. The number of aromatic nitrogens is 4. The van der Waals surface area contributed by atoms with E-state index in [2.05, 4.69) is 15.2 Å². The van der Waals surface area contributed by atoms with Crippen molar-refractivity contribution in [2.24, 2.45) is 0 Å². The van der Waals surface area contributed by atoms with E-state index in [4.69, 9.17) is 0 Å². The second-order valence-corrected chi connectivity index (χ2v) is 6.44. The van der Waals surface area contributed by atoms with Crippen molar-refractivity contribution in [1.29, 1.82) is 0 Å². The highest BCUT2D eigenvalue weighted by Gasteiger charge is 2.33. The highest BCUT2D eigenvalue weighted by atomic mass is 19.1. The summed E-state index contributed by atoms with van der Waals surface area (Å²) in [5.74, 6) is 1.17. The Hall–Kier alpha value is -3.09. The molecule has 3 aromatic rings. The minimum absolute atomic E-state index is 0.0194. The van der Waals surface area contributed by atoms with Crippen LogP contribution in [0.3, 0.4) is 0 Å². The number of amides is 1. The van der Waals surface area contributed by atoms with E-state index in [9.17, 15) is 9.18 Å². The van der Waals surface area contributed by atoms with Crippen LogP contribution in [-0.4, -0.2) is 30.6 Å². The first kappa shape index (κ1) is 16.4. The number of carbonyl (C=O) groups is 1. The van der Waals surface area contributed by atoms with Gasteiger partial charge in [0.15, 0.2) is 5.82 Å². The lowest BCUT2D eigenvalue weighted by atomic mass is 10.1. The number of nitrogens with zero attached hydrogens (tertiary/aromatic N) is 5. The number of carbonyl (C=O) groups excluding carboxylic acids is 1. The molecule has 1 atom stereocenters. The fourth-order valence-corrected chi connectivity index (χ4v) is 3.33. The van der Waals surface area contributed by atoms with Gasteiger partial charge >= 0.3 is 0 Å². The van der Waals surface area contributed by atoms with Crippen LogP contribution >= 0.6 is 0 Å². The number of rotatable bonds is 4. The van der Waals surface area contributed by atoms with Gasteiger partial charge < -0.3 is 9.47 Å². The monoisotopic (exact) mass is 351 g/mol. The highest BCUT2D eigenvalue weighted by molar-refractivity contribution is 5.81. The molecule has 1 amide bonds. The van der Waals surface area contributed by atoms with E-state index in [1.54, 1.807) is 23.4 Å². The summed E-state index contributed by atoms with van der Waals surface area (Å²) >= 11 is 0. The predicted octanol–water partition coefficient (Wildman–Crippen LogP) is 2.51. The van der Waals surface area contributed by atoms with Crippen LogP contribution in [0.15, 0.2) is 48.8 Å². The molecule has 1 aliphatic heterocycles. The second kappa shape index (κ2) is 6.67. The Morgan fingerprint density at radius 3 is 2.81 bits per heavy atom. The fraction of sp³-hybridized carbons (Fsp3) is 0.263. The molecule has 0 bridgehead atoms. The molecule has 0 saturated heterocycles. The Balaban J connectivity index is 1.58. The molecule has 0 N–H and O–H groups in total. The van der Waals surface area contributed by atoms with Gasteiger partial charge in [-0.15, -0.1) is 10.2 Å². The molecule has 132 valence electrons. The van der Waals surface area contributed by atoms with Gasteiger partial charge in [0, 0.05) is 25.4 Å². The maximum atomic E-state index is 13.4. The van der Waals surface area contributed by atoms with Gasteiger partial charge in [0.05, 0.1) is 6.54 Å². The van der Waals surface area contributed by atoms with Crippen molar-refractivity contribution in [2.45, 2.75) is 32.5 Å². The van der Waals surface area contributed by atoms with E-state index in [-0.39, 0.29) is 11.7 Å². The van der Waals surface area contributed by atoms with Crippen molar-refractivity contribution in [3.63, 3.8) is 0 Å². The second-order valence-electron chi connectivity index (χ2n) is 6.44. The zero-order valence-corrected chi connectivity index (χ0v) is 14.3. The van der Waals surface area contributed by atoms with E-state index >= 15 is 0 Å². The SMILES string of the molecule is C[C@H]1C(=O)N(Cc2cccc(F)c2)Cc2nnc(Cc3cccnc3)n21. The number of fused-ring (bicyclic) bond motifs is 1. The van der Waals surface area contributed by atoms with Crippen molar-refractivity contribution >= 4 is 5.91 Å². The van der Waals surface area contributed by atoms with Crippen LogP contribution in [0.4, 0.5) is 4.39 Å². The lowest BCUT2D eigenvalue weighted by molar-refractivity contribution is -0.137. The third-order valence-electron chi connectivity index (χ3n) is 4.57. The van der Waals surface area contributed by atoms with Gasteiger partial charge in [-0.2, -0.15) is 0 Å². The Morgan fingerprint density at radius 1 is 1.19 bits per heavy atom. The lowest BCUT2D eigenvalue weighted by Crippen LogP contribution is -2.41. The molecular formula is C19H18FN5O. The Kier molecular flexibility index (Phi) is 4.20. The van der Waals surface area contributed by atoms with E-state index in [1.165, 1.54) is 12.1 Å². The first-order valence-electron chi connectivity index (χ1n) is 8.46. The van der Waals surface area contributed by atoms with Crippen LogP contribution in [0, 0.1) is 5.82 Å². The number of pyridine rings is 1. The van der Waals surface area contributed by atoms with Gasteiger partial charge in [-0.3, -0.25) is 9.78 Å². The van der Waals surface area contributed by atoms with Crippen molar-refractivity contribution in [3.8, 4) is 0 Å². The largest absolute Gasteiger partial charge is 0.329 e. The van der Waals surface area contributed by atoms with Crippen molar-refractivity contribution in [3.05, 3.63) is 77.4 Å². The first-order chi connectivity index (χ1) is 12.6. The molecule has 1 aliphatic rings. The van der Waals surface area contributed by atoms with Gasteiger partial charge in [-0.05, 0) is 36.2 Å². The van der Waals surface area contributed by atoms with Crippen molar-refractivity contribution in [1.82, 2.24) is 24.6 Å². The minimum Gasteiger partial charge on any atom is -0.329 e. The third kappa shape index (κ3) is 3.08. The molecule has 1 aromatic carbocycles. The molecule has 0 unspecified atom stereocenters. The maximum Gasteiger partial charge on any atom is 0.246 e. The molecule has 0 spiro atoms. The van der Waals surface area contributed by atoms with Gasteiger partial charge in [-0.1, -0.05) is 18.2 Å². The topological polar surface area (TPSA) is 63.9 Å². The summed E-state index contributed by atoms with van der Waals surface area (Å²) < 4.78 is 15.3. The molecule has 3 heterocycles. The summed E-state index contributed by atoms with van der Waals surface area (Å²) in [6.07, 6.45) is 4.08. The molecule has 7 heteroatoms. The van der Waals surface area contributed by atoms with Crippen LogP contribution in [0.1, 0.15) is 35.7 Å². The summed E-state index contributed by atoms with van der Waals surface area (Å²) in [6, 6.07) is 9.76.